The summed E-state index contributed by atoms with van der Waals surface area (Å²) in [5, 5.41) is 16.4. The molecule has 3 aliphatic rings. The van der Waals surface area contributed by atoms with Gasteiger partial charge in [-0.05, 0) is 55.4 Å². The molecule has 3 heterocycles. The van der Waals surface area contributed by atoms with Crippen LogP contribution in [0.15, 0.2) is 65.2 Å². The Balaban J connectivity index is 1.20. The van der Waals surface area contributed by atoms with Gasteiger partial charge in [-0.25, -0.2) is 0 Å². The molecule has 2 amide bonds. The number of hydrogen-bond acceptors (Lipinski definition) is 5. The number of likely N-dealkylation sites (tertiary alicyclic amines) is 2. The average Bonchev–Trinajstić information content (AvgIpc) is 3.48. The number of aliphatic hydroxyl groups excluding tert-OH is 1. The van der Waals surface area contributed by atoms with E-state index in [1.54, 1.807) is 4.90 Å². The molecule has 1 aliphatic carbocycles. The monoisotopic (exact) mass is 561 g/mol. The normalized spacial score (nSPS) is 23.5. The molecule has 3 aromatic rings. The van der Waals surface area contributed by atoms with Crippen molar-refractivity contribution in [2.45, 2.75) is 76.0 Å². The topological polar surface area (TPSA) is 86.9 Å². The second-order valence-corrected chi connectivity index (χ2v) is 12.1. The smallest absolute Gasteiger partial charge is 0.292 e. The zero-order valence-electron chi connectivity index (χ0n) is 22.7. The Labute approximate surface area is 240 Å². The number of rotatable bonds is 5. The molecule has 0 unspecified atom stereocenters. The van der Waals surface area contributed by atoms with E-state index >= 15 is 0 Å². The molecule has 1 saturated carbocycles. The fourth-order valence-electron chi connectivity index (χ4n) is 6.98. The van der Waals surface area contributed by atoms with Crippen LogP contribution in [0.4, 0.5) is 0 Å². The lowest BCUT2D eigenvalue weighted by atomic mass is 9.68. The summed E-state index contributed by atoms with van der Waals surface area (Å²) in [6.45, 7) is 1.21. The molecule has 40 heavy (non-hydrogen) atoms. The number of aromatic nitrogens is 1. The van der Waals surface area contributed by atoms with Gasteiger partial charge in [0.25, 0.3) is 5.91 Å². The number of piperidine rings is 2. The highest BCUT2D eigenvalue weighted by molar-refractivity contribution is 6.30. The van der Waals surface area contributed by atoms with Crippen molar-refractivity contribution in [3.8, 4) is 0 Å². The van der Waals surface area contributed by atoms with Crippen molar-refractivity contribution in [3.63, 3.8) is 0 Å². The van der Waals surface area contributed by atoms with E-state index in [0.717, 1.165) is 29.7 Å². The van der Waals surface area contributed by atoms with Crippen molar-refractivity contribution >= 4 is 23.4 Å². The van der Waals surface area contributed by atoms with Crippen LogP contribution in [-0.2, 0) is 11.3 Å². The molecule has 210 valence electrons. The van der Waals surface area contributed by atoms with E-state index in [1.165, 1.54) is 19.3 Å². The first-order valence-corrected chi connectivity index (χ1v) is 14.9. The van der Waals surface area contributed by atoms with E-state index < -0.39 is 17.6 Å². The highest BCUT2D eigenvalue weighted by Crippen LogP contribution is 2.47. The van der Waals surface area contributed by atoms with E-state index in [2.05, 4.69) is 5.16 Å². The van der Waals surface area contributed by atoms with Gasteiger partial charge in [-0.15, -0.1) is 0 Å². The number of carbonyl (C=O) groups is 2. The minimum absolute atomic E-state index is 0.0259. The SMILES string of the molecule is O=C(c1cc(C2CCCCC2)no1)N1CCC2(CC1)C[C@@H](O)[C@H](c1ccccc1)N(Cc1cccc(Cl)c1)C2=O. The summed E-state index contributed by atoms with van der Waals surface area (Å²) in [7, 11) is 0. The van der Waals surface area contributed by atoms with Crippen LogP contribution in [0.25, 0.3) is 0 Å². The highest BCUT2D eigenvalue weighted by Gasteiger charge is 2.53. The summed E-state index contributed by atoms with van der Waals surface area (Å²) < 4.78 is 5.50. The first-order valence-electron chi connectivity index (χ1n) is 14.5. The molecule has 2 aromatic carbocycles. The van der Waals surface area contributed by atoms with Gasteiger partial charge in [-0.1, -0.05) is 78.5 Å². The van der Waals surface area contributed by atoms with Crippen molar-refractivity contribution in [2.75, 3.05) is 13.1 Å². The van der Waals surface area contributed by atoms with Crippen LogP contribution in [0.5, 0.6) is 0 Å². The molecule has 1 N–H and O–H groups in total. The highest BCUT2D eigenvalue weighted by atomic mass is 35.5. The Bertz CT molecular complexity index is 1340. The van der Waals surface area contributed by atoms with Gasteiger partial charge in [-0.3, -0.25) is 9.59 Å². The quantitative estimate of drug-likeness (QED) is 0.405. The maximum Gasteiger partial charge on any atom is 0.292 e. The van der Waals surface area contributed by atoms with E-state index in [9.17, 15) is 14.7 Å². The summed E-state index contributed by atoms with van der Waals surface area (Å²) in [6.07, 6.45) is 6.44. The fraction of sp³-hybridized carbons (Fsp3) is 0.469. The zero-order chi connectivity index (χ0) is 27.7. The van der Waals surface area contributed by atoms with Crippen LogP contribution in [0.1, 0.15) is 90.7 Å². The number of hydrogen-bond donors (Lipinski definition) is 1. The Hall–Kier alpha value is -3.16. The first-order chi connectivity index (χ1) is 19.4. The molecule has 0 radical (unpaired) electrons. The molecule has 0 bridgehead atoms. The van der Waals surface area contributed by atoms with Crippen molar-refractivity contribution in [1.82, 2.24) is 15.0 Å². The molecule has 2 aliphatic heterocycles. The Morgan fingerprint density at radius 3 is 2.50 bits per heavy atom. The summed E-state index contributed by atoms with van der Waals surface area (Å²) in [5.41, 5.74) is 1.98. The minimum Gasteiger partial charge on any atom is -0.391 e. The van der Waals surface area contributed by atoms with E-state index in [-0.39, 0.29) is 17.6 Å². The number of benzene rings is 2. The molecule has 1 spiro atoms. The number of nitrogens with zero attached hydrogens (tertiary/aromatic N) is 3. The third-order valence-electron chi connectivity index (χ3n) is 9.17. The number of carbonyl (C=O) groups excluding carboxylic acids is 2. The second kappa shape index (κ2) is 11.4. The van der Waals surface area contributed by atoms with Crippen LogP contribution in [0.3, 0.4) is 0 Å². The van der Waals surface area contributed by atoms with Crippen molar-refractivity contribution in [3.05, 3.63) is 88.3 Å². The molecular weight excluding hydrogens is 526 g/mol. The van der Waals surface area contributed by atoms with Crippen LogP contribution >= 0.6 is 11.6 Å². The molecule has 2 saturated heterocycles. The lowest BCUT2D eigenvalue weighted by molar-refractivity contribution is -0.164. The van der Waals surface area contributed by atoms with Crippen LogP contribution < -0.4 is 0 Å². The van der Waals surface area contributed by atoms with Gasteiger partial charge in [0.05, 0.1) is 23.3 Å². The third kappa shape index (κ3) is 5.29. The minimum atomic E-state index is -0.728. The van der Waals surface area contributed by atoms with Gasteiger partial charge >= 0.3 is 0 Å². The van der Waals surface area contributed by atoms with E-state index in [1.807, 2.05) is 65.6 Å². The first kappa shape index (κ1) is 27.0. The number of amides is 2. The van der Waals surface area contributed by atoms with Crippen LogP contribution in [0.2, 0.25) is 5.02 Å². The molecule has 8 heteroatoms. The molecular formula is C32H36ClN3O4. The predicted molar refractivity (Wildman–Crippen MR) is 152 cm³/mol. The van der Waals surface area contributed by atoms with Gasteiger partial charge in [0, 0.05) is 36.6 Å². The van der Waals surface area contributed by atoms with Crippen molar-refractivity contribution < 1.29 is 19.2 Å². The standard InChI is InChI=1S/C32H36ClN3O4/c33-25-13-7-8-22(18-25)21-36-29(24-11-5-2-6-12-24)27(37)20-32(31(36)39)14-16-35(17-15-32)30(38)28-19-26(34-40-28)23-9-3-1-4-10-23/h2,5-8,11-13,18-19,23,27,29,37H,1,3-4,9-10,14-17,20-21H2/t27-,29+/m1/s1. The zero-order valence-corrected chi connectivity index (χ0v) is 23.4. The molecule has 2 atom stereocenters. The predicted octanol–water partition coefficient (Wildman–Crippen LogP) is 6.13. The number of aliphatic hydroxyl groups is 1. The van der Waals surface area contributed by atoms with Crippen molar-refractivity contribution in [2.24, 2.45) is 5.41 Å². The third-order valence-corrected chi connectivity index (χ3v) is 9.40. The second-order valence-electron chi connectivity index (χ2n) is 11.7. The summed E-state index contributed by atoms with van der Waals surface area (Å²) in [6, 6.07) is 18.6. The summed E-state index contributed by atoms with van der Waals surface area (Å²) in [5.74, 6) is 0.496. The van der Waals surface area contributed by atoms with E-state index in [4.69, 9.17) is 16.1 Å². The number of halogens is 1. The lowest BCUT2D eigenvalue weighted by Gasteiger charge is -2.51. The van der Waals surface area contributed by atoms with Gasteiger partial charge in [0.2, 0.25) is 11.7 Å². The average molecular weight is 562 g/mol. The van der Waals surface area contributed by atoms with Gasteiger partial charge < -0.3 is 19.4 Å². The molecule has 1 aromatic heterocycles. The van der Waals surface area contributed by atoms with Gasteiger partial charge in [-0.2, -0.15) is 0 Å². The van der Waals surface area contributed by atoms with Gasteiger partial charge in [0.1, 0.15) is 0 Å². The Kier molecular flexibility index (Phi) is 7.69. The lowest BCUT2D eigenvalue weighted by Crippen LogP contribution is -2.58. The van der Waals surface area contributed by atoms with E-state index in [0.29, 0.717) is 49.8 Å². The fourth-order valence-corrected chi connectivity index (χ4v) is 7.20. The van der Waals surface area contributed by atoms with Gasteiger partial charge in [0.15, 0.2) is 0 Å². The van der Waals surface area contributed by atoms with Crippen LogP contribution in [0, 0.1) is 5.41 Å². The van der Waals surface area contributed by atoms with Crippen molar-refractivity contribution in [1.29, 1.82) is 0 Å². The molecule has 3 fully saturated rings. The maximum absolute atomic E-state index is 14.3. The van der Waals surface area contributed by atoms with Crippen LogP contribution in [-0.4, -0.2) is 51.1 Å². The summed E-state index contributed by atoms with van der Waals surface area (Å²) >= 11 is 6.26. The Morgan fingerprint density at radius 1 is 1.02 bits per heavy atom. The summed E-state index contributed by atoms with van der Waals surface area (Å²) in [4.78, 5) is 31.2. The largest absolute Gasteiger partial charge is 0.391 e. The maximum atomic E-state index is 14.3. The molecule has 6 rings (SSSR count). The Morgan fingerprint density at radius 2 is 1.77 bits per heavy atom. The molecule has 7 nitrogen and oxygen atoms in total.